The lowest BCUT2D eigenvalue weighted by atomic mass is 10.1. The van der Waals surface area contributed by atoms with Gasteiger partial charge >= 0.3 is 0 Å². The molecular weight excluding hydrogens is 322 g/mol. The Hall–Kier alpha value is -1.95. The fraction of sp³-hybridized carbons (Fsp3) is 0.500. The van der Waals surface area contributed by atoms with E-state index < -0.39 is 0 Å². The third-order valence-electron chi connectivity index (χ3n) is 4.25. The second-order valence-electron chi connectivity index (χ2n) is 6.19. The number of fused-ring (bicyclic) bond motifs is 1. The van der Waals surface area contributed by atoms with Crippen molar-refractivity contribution >= 4 is 33.4 Å². The molecule has 2 heterocycles. The first-order chi connectivity index (χ1) is 11.7. The summed E-state index contributed by atoms with van der Waals surface area (Å²) < 4.78 is 1.21. The van der Waals surface area contributed by atoms with Gasteiger partial charge < -0.3 is 10.6 Å². The monoisotopic (exact) mass is 345 g/mol. The third-order valence-corrected chi connectivity index (χ3v) is 5.35. The third kappa shape index (κ3) is 4.54. The van der Waals surface area contributed by atoms with Crippen molar-refractivity contribution in [1.82, 2.24) is 15.6 Å². The van der Waals surface area contributed by atoms with Gasteiger partial charge in [0.05, 0.1) is 15.2 Å². The summed E-state index contributed by atoms with van der Waals surface area (Å²) >= 11 is 1.72. The second-order valence-corrected chi connectivity index (χ2v) is 7.30. The van der Waals surface area contributed by atoms with Crippen molar-refractivity contribution in [1.29, 1.82) is 0 Å². The van der Waals surface area contributed by atoms with Crippen LogP contribution in [0.1, 0.15) is 43.5 Å². The number of para-hydroxylation sites is 1. The van der Waals surface area contributed by atoms with Crippen LogP contribution in [0.5, 0.6) is 0 Å². The van der Waals surface area contributed by atoms with Crippen LogP contribution in [0.15, 0.2) is 24.3 Å². The average molecular weight is 345 g/mol. The molecule has 1 fully saturated rings. The SMILES string of the molecule is O=C(CCCCc1nc2ccccc2s1)N[C@H]1CCCCNC1=O. The number of carbonyl (C=O) groups is 2. The van der Waals surface area contributed by atoms with Crippen molar-refractivity contribution < 1.29 is 9.59 Å². The number of hydrogen-bond donors (Lipinski definition) is 2. The van der Waals surface area contributed by atoms with E-state index in [0.29, 0.717) is 13.0 Å². The Labute approximate surface area is 145 Å². The number of benzene rings is 1. The van der Waals surface area contributed by atoms with Gasteiger partial charge in [-0.15, -0.1) is 11.3 Å². The minimum absolute atomic E-state index is 0.0265. The summed E-state index contributed by atoms with van der Waals surface area (Å²) in [5.41, 5.74) is 1.05. The summed E-state index contributed by atoms with van der Waals surface area (Å²) in [6.07, 6.45) is 5.82. The first-order valence-corrected chi connectivity index (χ1v) is 9.45. The first-order valence-electron chi connectivity index (χ1n) is 8.64. The van der Waals surface area contributed by atoms with Gasteiger partial charge in [-0.1, -0.05) is 12.1 Å². The molecule has 0 radical (unpaired) electrons. The van der Waals surface area contributed by atoms with E-state index in [2.05, 4.69) is 21.7 Å². The standard InChI is InChI=1S/C18H23N3O2S/c22-16(20-14-8-5-6-12-19-18(14)23)10-3-4-11-17-21-13-7-1-2-9-15(13)24-17/h1-2,7,9,14H,3-6,8,10-12H2,(H,19,23)(H,20,22)/t14-/m0/s1. The highest BCUT2D eigenvalue weighted by Gasteiger charge is 2.21. The summed E-state index contributed by atoms with van der Waals surface area (Å²) in [7, 11) is 0. The number of aryl methyl sites for hydroxylation is 1. The van der Waals surface area contributed by atoms with Gasteiger partial charge in [0, 0.05) is 13.0 Å². The Morgan fingerprint density at radius 3 is 3.04 bits per heavy atom. The minimum atomic E-state index is -0.357. The van der Waals surface area contributed by atoms with Gasteiger partial charge in [0.15, 0.2) is 0 Å². The molecule has 3 rings (SSSR count). The van der Waals surface area contributed by atoms with Crippen LogP contribution in [0.2, 0.25) is 0 Å². The van der Waals surface area contributed by atoms with Crippen molar-refractivity contribution in [2.45, 2.75) is 51.0 Å². The smallest absolute Gasteiger partial charge is 0.242 e. The number of nitrogens with one attached hydrogen (secondary N) is 2. The zero-order valence-electron chi connectivity index (χ0n) is 13.7. The van der Waals surface area contributed by atoms with E-state index in [0.717, 1.165) is 49.0 Å². The van der Waals surface area contributed by atoms with Crippen LogP contribution >= 0.6 is 11.3 Å². The number of thiazole rings is 1. The molecule has 1 aliphatic rings. The molecule has 0 unspecified atom stereocenters. The van der Waals surface area contributed by atoms with Crippen molar-refractivity contribution in [2.75, 3.05) is 6.54 Å². The molecule has 1 saturated heterocycles. The molecule has 0 bridgehead atoms. The summed E-state index contributed by atoms with van der Waals surface area (Å²) in [5.74, 6) is -0.0725. The average Bonchev–Trinajstić information content (AvgIpc) is 2.89. The van der Waals surface area contributed by atoms with E-state index in [-0.39, 0.29) is 17.9 Å². The van der Waals surface area contributed by atoms with Crippen molar-refractivity contribution in [2.24, 2.45) is 0 Å². The van der Waals surface area contributed by atoms with Crippen LogP contribution in [0, 0.1) is 0 Å². The zero-order valence-corrected chi connectivity index (χ0v) is 14.5. The molecule has 24 heavy (non-hydrogen) atoms. The topological polar surface area (TPSA) is 71.1 Å². The fourth-order valence-corrected chi connectivity index (χ4v) is 3.94. The van der Waals surface area contributed by atoms with Crippen molar-refractivity contribution in [3.63, 3.8) is 0 Å². The van der Waals surface area contributed by atoms with E-state index in [9.17, 15) is 9.59 Å². The highest BCUT2D eigenvalue weighted by Crippen LogP contribution is 2.22. The van der Waals surface area contributed by atoms with E-state index in [1.807, 2.05) is 18.2 Å². The predicted molar refractivity (Wildman–Crippen MR) is 96.0 cm³/mol. The van der Waals surface area contributed by atoms with E-state index >= 15 is 0 Å². The van der Waals surface area contributed by atoms with E-state index in [1.165, 1.54) is 4.70 Å². The number of hydrogen-bond acceptors (Lipinski definition) is 4. The highest BCUT2D eigenvalue weighted by molar-refractivity contribution is 7.18. The maximum Gasteiger partial charge on any atom is 0.242 e. The molecule has 1 aromatic carbocycles. The molecule has 2 amide bonds. The molecule has 2 aromatic rings. The lowest BCUT2D eigenvalue weighted by molar-refractivity contribution is -0.128. The van der Waals surface area contributed by atoms with E-state index in [4.69, 9.17) is 0 Å². The Morgan fingerprint density at radius 2 is 2.17 bits per heavy atom. The number of amides is 2. The summed E-state index contributed by atoms with van der Waals surface area (Å²) in [6, 6.07) is 7.78. The van der Waals surface area contributed by atoms with Gasteiger partial charge in [-0.3, -0.25) is 9.59 Å². The maximum absolute atomic E-state index is 12.0. The summed E-state index contributed by atoms with van der Waals surface area (Å²) in [4.78, 5) is 28.4. The molecular formula is C18H23N3O2S. The molecule has 5 nitrogen and oxygen atoms in total. The number of nitrogens with zero attached hydrogens (tertiary/aromatic N) is 1. The van der Waals surface area contributed by atoms with Gasteiger partial charge in [0.2, 0.25) is 11.8 Å². The quantitative estimate of drug-likeness (QED) is 0.791. The Morgan fingerprint density at radius 1 is 1.29 bits per heavy atom. The second kappa shape index (κ2) is 8.24. The van der Waals surface area contributed by atoms with Gasteiger partial charge in [-0.05, 0) is 50.7 Å². The van der Waals surface area contributed by atoms with Crippen LogP contribution in [0.3, 0.4) is 0 Å². The number of rotatable bonds is 6. The zero-order chi connectivity index (χ0) is 16.8. The van der Waals surface area contributed by atoms with Crippen LogP contribution in [-0.4, -0.2) is 29.4 Å². The number of aromatic nitrogens is 1. The molecule has 1 aliphatic heterocycles. The van der Waals surface area contributed by atoms with Gasteiger partial charge in [-0.25, -0.2) is 4.98 Å². The summed E-state index contributed by atoms with van der Waals surface area (Å²) in [5, 5.41) is 6.83. The molecule has 128 valence electrons. The predicted octanol–water partition coefficient (Wildman–Crippen LogP) is 2.79. The van der Waals surface area contributed by atoms with Crippen LogP contribution < -0.4 is 10.6 Å². The number of unbranched alkanes of at least 4 members (excludes halogenated alkanes) is 1. The molecule has 0 spiro atoms. The van der Waals surface area contributed by atoms with Gasteiger partial charge in [-0.2, -0.15) is 0 Å². The Bertz CT molecular complexity index is 680. The van der Waals surface area contributed by atoms with Crippen molar-refractivity contribution in [3.05, 3.63) is 29.3 Å². The fourth-order valence-electron chi connectivity index (χ4n) is 2.93. The largest absolute Gasteiger partial charge is 0.354 e. The molecule has 0 aliphatic carbocycles. The lowest BCUT2D eigenvalue weighted by Gasteiger charge is -2.14. The van der Waals surface area contributed by atoms with Crippen LogP contribution in [0.4, 0.5) is 0 Å². The normalized spacial score (nSPS) is 18.2. The lowest BCUT2D eigenvalue weighted by Crippen LogP contribution is -2.45. The molecule has 0 saturated carbocycles. The Kier molecular flexibility index (Phi) is 5.80. The highest BCUT2D eigenvalue weighted by atomic mass is 32.1. The molecule has 6 heteroatoms. The molecule has 1 aromatic heterocycles. The first kappa shape index (κ1) is 16.9. The van der Waals surface area contributed by atoms with Crippen LogP contribution in [0.25, 0.3) is 10.2 Å². The summed E-state index contributed by atoms with van der Waals surface area (Å²) in [6.45, 7) is 0.716. The van der Waals surface area contributed by atoms with Gasteiger partial charge in [0.25, 0.3) is 0 Å². The maximum atomic E-state index is 12.0. The molecule has 2 N–H and O–H groups in total. The van der Waals surface area contributed by atoms with Crippen LogP contribution in [-0.2, 0) is 16.0 Å². The van der Waals surface area contributed by atoms with E-state index in [1.54, 1.807) is 11.3 Å². The van der Waals surface area contributed by atoms with Gasteiger partial charge in [0.1, 0.15) is 6.04 Å². The minimum Gasteiger partial charge on any atom is -0.354 e. The van der Waals surface area contributed by atoms with Crippen molar-refractivity contribution in [3.8, 4) is 0 Å². The number of carbonyl (C=O) groups excluding carboxylic acids is 2. The molecule has 1 atom stereocenters. The Balaban J connectivity index is 1.39.